The first-order valence-electron chi connectivity index (χ1n) is 8.15. The highest BCUT2D eigenvalue weighted by Crippen LogP contribution is 2.21. The highest BCUT2D eigenvalue weighted by Gasteiger charge is 2.27. The van der Waals surface area contributed by atoms with E-state index >= 15 is 0 Å². The minimum atomic E-state index is 0.0484. The van der Waals surface area contributed by atoms with Crippen molar-refractivity contribution < 1.29 is 9.53 Å². The van der Waals surface area contributed by atoms with E-state index in [1.807, 2.05) is 31.7 Å². The number of amides is 1. The molecule has 3 rings (SSSR count). The number of aromatic nitrogens is 3. The van der Waals surface area contributed by atoms with Crippen LogP contribution in [-0.4, -0.2) is 51.6 Å². The van der Waals surface area contributed by atoms with Gasteiger partial charge in [-0.3, -0.25) is 4.79 Å². The molecule has 0 spiro atoms. The molecule has 6 nitrogen and oxygen atoms in total. The number of ether oxygens (including phenoxy) is 1. The molecule has 24 heavy (non-hydrogen) atoms. The van der Waals surface area contributed by atoms with Crippen LogP contribution in [0.25, 0.3) is 0 Å². The van der Waals surface area contributed by atoms with Gasteiger partial charge in [0, 0.05) is 24.5 Å². The maximum absolute atomic E-state index is 12.7. The molecule has 1 aliphatic rings. The average Bonchev–Trinajstić information content (AvgIpc) is 2.91. The van der Waals surface area contributed by atoms with Gasteiger partial charge in [-0.1, -0.05) is 0 Å². The Hall–Kier alpha value is -1.86. The van der Waals surface area contributed by atoms with Crippen molar-refractivity contribution in [2.45, 2.75) is 39.7 Å². The zero-order chi connectivity index (χ0) is 17.1. The molecule has 1 aliphatic heterocycles. The van der Waals surface area contributed by atoms with Crippen molar-refractivity contribution in [3.8, 4) is 0 Å². The summed E-state index contributed by atoms with van der Waals surface area (Å²) < 4.78 is 5.83. The topological polar surface area (TPSA) is 68.2 Å². The van der Waals surface area contributed by atoms with E-state index in [1.165, 1.54) is 11.3 Å². The predicted molar refractivity (Wildman–Crippen MR) is 92.3 cm³/mol. The van der Waals surface area contributed by atoms with Gasteiger partial charge in [0.2, 0.25) is 0 Å². The fraction of sp³-hybridized carbons (Fsp3) is 0.529. The van der Waals surface area contributed by atoms with E-state index in [0.717, 1.165) is 39.8 Å². The quantitative estimate of drug-likeness (QED) is 0.850. The van der Waals surface area contributed by atoms with Crippen LogP contribution in [-0.2, 0) is 11.2 Å². The second-order valence-electron chi connectivity index (χ2n) is 6.08. The second kappa shape index (κ2) is 7.36. The van der Waals surface area contributed by atoms with Crippen LogP contribution in [0.3, 0.4) is 0 Å². The van der Waals surface area contributed by atoms with Crippen LogP contribution >= 0.6 is 11.3 Å². The molecule has 1 atom stereocenters. The third kappa shape index (κ3) is 3.96. The number of morpholine rings is 1. The molecule has 0 radical (unpaired) electrons. The van der Waals surface area contributed by atoms with Crippen LogP contribution in [0.5, 0.6) is 0 Å². The first-order chi connectivity index (χ1) is 11.5. The number of hydrogen-bond donors (Lipinski definition) is 0. The summed E-state index contributed by atoms with van der Waals surface area (Å²) in [5.74, 6) is 0.0734. The summed E-state index contributed by atoms with van der Waals surface area (Å²) >= 11 is 1.47. The Kier molecular flexibility index (Phi) is 5.20. The Labute approximate surface area is 145 Å². The van der Waals surface area contributed by atoms with Crippen LogP contribution in [0.2, 0.25) is 0 Å². The van der Waals surface area contributed by atoms with Crippen molar-refractivity contribution in [2.75, 3.05) is 19.7 Å². The molecule has 128 valence electrons. The van der Waals surface area contributed by atoms with E-state index < -0.39 is 0 Å². The lowest BCUT2D eigenvalue weighted by molar-refractivity contribution is -0.0245. The van der Waals surface area contributed by atoms with E-state index in [2.05, 4.69) is 15.0 Å². The number of carbonyl (C=O) groups excluding carboxylic acids is 1. The van der Waals surface area contributed by atoms with Gasteiger partial charge in [0.05, 0.1) is 23.4 Å². The number of hydrogen-bond acceptors (Lipinski definition) is 6. The molecule has 7 heteroatoms. The summed E-state index contributed by atoms with van der Waals surface area (Å²) in [5, 5.41) is 0.930. The zero-order valence-corrected chi connectivity index (χ0v) is 15.1. The SMILES string of the molecule is Cc1cc(CC[C@@H]2CN(C(=O)c3sc(C)nc3C)CCO2)ncn1. The standard InChI is InChI=1S/C17H22N4O2S/c1-11-8-14(19-10-18-11)4-5-15-9-21(6-7-23-15)17(22)16-12(2)20-13(3)24-16/h8,10,15H,4-7,9H2,1-3H3/t15-/m1/s1. The van der Waals surface area contributed by atoms with E-state index in [1.54, 1.807) is 6.33 Å². The molecule has 0 aromatic carbocycles. The van der Waals surface area contributed by atoms with Gasteiger partial charge in [-0.15, -0.1) is 11.3 Å². The minimum absolute atomic E-state index is 0.0484. The zero-order valence-electron chi connectivity index (χ0n) is 14.3. The Balaban J connectivity index is 1.60. The van der Waals surface area contributed by atoms with Crippen molar-refractivity contribution in [3.63, 3.8) is 0 Å². The molecule has 0 bridgehead atoms. The van der Waals surface area contributed by atoms with Crippen molar-refractivity contribution in [1.29, 1.82) is 0 Å². The highest BCUT2D eigenvalue weighted by molar-refractivity contribution is 7.13. The molecule has 0 aliphatic carbocycles. The Morgan fingerprint density at radius 1 is 1.38 bits per heavy atom. The summed E-state index contributed by atoms with van der Waals surface area (Å²) in [4.78, 5) is 28.1. The molecule has 0 N–H and O–H groups in total. The van der Waals surface area contributed by atoms with Crippen LogP contribution in [0.1, 0.15) is 38.2 Å². The van der Waals surface area contributed by atoms with Crippen LogP contribution in [0, 0.1) is 20.8 Å². The number of carbonyl (C=O) groups is 1. The summed E-state index contributed by atoms with van der Waals surface area (Å²) in [7, 11) is 0. The van der Waals surface area contributed by atoms with Crippen LogP contribution < -0.4 is 0 Å². The lowest BCUT2D eigenvalue weighted by Gasteiger charge is -2.32. The maximum atomic E-state index is 12.7. The number of aryl methyl sites for hydroxylation is 4. The van der Waals surface area contributed by atoms with Gasteiger partial charge < -0.3 is 9.64 Å². The van der Waals surface area contributed by atoms with E-state index in [9.17, 15) is 4.79 Å². The van der Waals surface area contributed by atoms with Crippen LogP contribution in [0.4, 0.5) is 0 Å². The monoisotopic (exact) mass is 346 g/mol. The highest BCUT2D eigenvalue weighted by atomic mass is 32.1. The summed E-state index contributed by atoms with van der Waals surface area (Å²) in [5.41, 5.74) is 2.81. The minimum Gasteiger partial charge on any atom is -0.375 e. The van der Waals surface area contributed by atoms with Crippen molar-refractivity contribution in [3.05, 3.63) is 39.4 Å². The van der Waals surface area contributed by atoms with E-state index in [0.29, 0.717) is 19.7 Å². The normalized spacial score (nSPS) is 18.0. The van der Waals surface area contributed by atoms with Gasteiger partial charge in [0.25, 0.3) is 5.91 Å². The molecular weight excluding hydrogens is 324 g/mol. The number of nitrogens with zero attached hydrogens (tertiary/aromatic N) is 4. The van der Waals surface area contributed by atoms with Gasteiger partial charge in [0.1, 0.15) is 11.2 Å². The molecule has 3 heterocycles. The molecule has 2 aromatic rings. The van der Waals surface area contributed by atoms with Gasteiger partial charge in [-0.25, -0.2) is 15.0 Å². The van der Waals surface area contributed by atoms with Crippen molar-refractivity contribution >= 4 is 17.2 Å². The summed E-state index contributed by atoms with van der Waals surface area (Å²) in [6, 6.07) is 2.00. The van der Waals surface area contributed by atoms with Crippen molar-refractivity contribution in [1.82, 2.24) is 19.9 Å². The first kappa shape index (κ1) is 17.0. The first-order valence-corrected chi connectivity index (χ1v) is 8.97. The molecule has 2 aromatic heterocycles. The molecule has 1 amide bonds. The van der Waals surface area contributed by atoms with Gasteiger partial charge in [-0.2, -0.15) is 0 Å². The summed E-state index contributed by atoms with van der Waals surface area (Å²) in [6.45, 7) is 7.63. The molecule has 0 saturated carbocycles. The fourth-order valence-corrected chi connectivity index (χ4v) is 3.79. The Morgan fingerprint density at radius 2 is 2.21 bits per heavy atom. The largest absolute Gasteiger partial charge is 0.375 e. The van der Waals surface area contributed by atoms with E-state index in [-0.39, 0.29) is 12.0 Å². The second-order valence-corrected chi connectivity index (χ2v) is 7.28. The predicted octanol–water partition coefficient (Wildman–Crippen LogP) is 2.33. The van der Waals surface area contributed by atoms with Gasteiger partial charge in [0.15, 0.2) is 0 Å². The molecule has 0 unspecified atom stereocenters. The average molecular weight is 346 g/mol. The molecule has 1 saturated heterocycles. The lowest BCUT2D eigenvalue weighted by atomic mass is 10.1. The maximum Gasteiger partial charge on any atom is 0.266 e. The van der Waals surface area contributed by atoms with E-state index in [4.69, 9.17) is 4.74 Å². The third-order valence-corrected chi connectivity index (χ3v) is 5.17. The smallest absolute Gasteiger partial charge is 0.266 e. The molecule has 1 fully saturated rings. The van der Waals surface area contributed by atoms with Gasteiger partial charge in [-0.05, 0) is 39.7 Å². The van der Waals surface area contributed by atoms with Gasteiger partial charge >= 0.3 is 0 Å². The number of rotatable bonds is 4. The van der Waals surface area contributed by atoms with Crippen LogP contribution in [0.15, 0.2) is 12.4 Å². The Morgan fingerprint density at radius 3 is 2.92 bits per heavy atom. The Bertz CT molecular complexity index is 731. The molecular formula is C17H22N4O2S. The van der Waals surface area contributed by atoms with Crippen molar-refractivity contribution in [2.24, 2.45) is 0 Å². The number of thiazole rings is 1. The lowest BCUT2D eigenvalue weighted by Crippen LogP contribution is -2.45. The third-order valence-electron chi connectivity index (χ3n) is 4.11. The fourth-order valence-electron chi connectivity index (χ4n) is 2.91. The summed E-state index contributed by atoms with van der Waals surface area (Å²) in [6.07, 6.45) is 3.32.